The minimum absolute atomic E-state index is 0.0458. The third kappa shape index (κ3) is 3.92. The summed E-state index contributed by atoms with van der Waals surface area (Å²) in [5.41, 5.74) is 2.15. The largest absolute Gasteiger partial charge is 0.355 e. The zero-order chi connectivity index (χ0) is 19.7. The molecule has 1 unspecified atom stereocenters. The number of benzene rings is 1. The van der Waals surface area contributed by atoms with Crippen LogP contribution < -0.4 is 5.32 Å². The van der Waals surface area contributed by atoms with Gasteiger partial charge >= 0.3 is 0 Å². The van der Waals surface area contributed by atoms with E-state index >= 15 is 0 Å². The molecule has 0 radical (unpaired) electrons. The van der Waals surface area contributed by atoms with Gasteiger partial charge in [0, 0.05) is 43.8 Å². The average molecular weight is 400 g/mol. The van der Waals surface area contributed by atoms with Gasteiger partial charge in [-0.3, -0.25) is 9.59 Å². The zero-order valence-corrected chi connectivity index (χ0v) is 17.0. The van der Waals surface area contributed by atoms with Crippen molar-refractivity contribution in [2.75, 3.05) is 19.6 Å². The van der Waals surface area contributed by atoms with E-state index in [2.05, 4.69) is 34.6 Å². The van der Waals surface area contributed by atoms with Gasteiger partial charge in [-0.2, -0.15) is 0 Å². The highest BCUT2D eigenvalue weighted by molar-refractivity contribution is 7.99. The summed E-state index contributed by atoms with van der Waals surface area (Å²) in [5, 5.41) is 12.0. The first kappa shape index (κ1) is 19.0. The van der Waals surface area contributed by atoms with Crippen molar-refractivity contribution < 1.29 is 9.59 Å². The smallest absolute Gasteiger partial charge is 0.227 e. The summed E-state index contributed by atoms with van der Waals surface area (Å²) in [6.45, 7) is 4.26. The van der Waals surface area contributed by atoms with Gasteiger partial charge in [0.15, 0.2) is 5.16 Å². The Labute approximate surface area is 168 Å². The molecule has 2 aliphatic rings. The summed E-state index contributed by atoms with van der Waals surface area (Å²) in [6, 6.07) is 8.21. The van der Waals surface area contributed by atoms with Crippen LogP contribution in [-0.4, -0.2) is 51.1 Å². The minimum Gasteiger partial charge on any atom is -0.355 e. The molecule has 1 aromatic heterocycles. The van der Waals surface area contributed by atoms with Crippen LogP contribution in [0, 0.1) is 5.41 Å². The first-order valence-corrected chi connectivity index (χ1v) is 10.5. The number of aryl methyl sites for hydroxylation is 1. The lowest BCUT2D eigenvalue weighted by Gasteiger charge is -2.22. The average Bonchev–Trinajstić information content (AvgIpc) is 3.37. The number of likely N-dealkylation sites (tertiary alicyclic amines) is 1. The minimum atomic E-state index is -0.0458. The molecule has 3 heterocycles. The molecule has 8 heteroatoms. The van der Waals surface area contributed by atoms with Gasteiger partial charge in [0.2, 0.25) is 11.8 Å². The molecule has 148 valence electrons. The summed E-state index contributed by atoms with van der Waals surface area (Å²) in [5.74, 6) is 0.249. The standard InChI is InChI=1S/C20H25N5O2S/c1-14(28-19-23-22-13-24(19)2)16-5-3-4-15(8-16)9-18(27)25-7-6-20(12-25)10-17(26)21-11-20/h3-5,8,13-14H,6-7,9-12H2,1-2H3,(H,21,26)/t14-,20?/m0/s1. The van der Waals surface area contributed by atoms with Crippen LogP contribution in [0.3, 0.4) is 0 Å². The van der Waals surface area contributed by atoms with Crippen molar-refractivity contribution in [3.8, 4) is 0 Å². The number of carbonyl (C=O) groups excluding carboxylic acids is 2. The second-order valence-corrected chi connectivity index (χ2v) is 9.23. The molecule has 2 amide bonds. The lowest BCUT2D eigenvalue weighted by Crippen LogP contribution is -2.34. The molecule has 28 heavy (non-hydrogen) atoms. The van der Waals surface area contributed by atoms with Crippen molar-refractivity contribution in [2.45, 2.75) is 36.6 Å². The molecule has 4 rings (SSSR count). The Morgan fingerprint density at radius 3 is 3.00 bits per heavy atom. The van der Waals surface area contributed by atoms with Crippen LogP contribution in [0.15, 0.2) is 35.7 Å². The number of hydrogen-bond donors (Lipinski definition) is 1. The summed E-state index contributed by atoms with van der Waals surface area (Å²) in [4.78, 5) is 26.3. The van der Waals surface area contributed by atoms with Crippen molar-refractivity contribution in [3.05, 3.63) is 41.7 Å². The van der Waals surface area contributed by atoms with Crippen molar-refractivity contribution >= 4 is 23.6 Å². The Morgan fingerprint density at radius 1 is 1.43 bits per heavy atom. The quantitative estimate of drug-likeness (QED) is 0.778. The molecule has 1 N–H and O–H groups in total. The molecular formula is C20H25N5O2S. The third-order valence-electron chi connectivity index (χ3n) is 5.71. The van der Waals surface area contributed by atoms with E-state index in [1.165, 1.54) is 5.56 Å². The summed E-state index contributed by atoms with van der Waals surface area (Å²) in [6.07, 6.45) is 3.54. The highest BCUT2D eigenvalue weighted by atomic mass is 32.2. The van der Waals surface area contributed by atoms with Crippen molar-refractivity contribution in [1.82, 2.24) is 25.0 Å². The number of rotatable bonds is 5. The number of amides is 2. The fourth-order valence-electron chi connectivity index (χ4n) is 4.04. The van der Waals surface area contributed by atoms with Crippen LogP contribution >= 0.6 is 11.8 Å². The monoisotopic (exact) mass is 399 g/mol. The molecule has 1 spiro atoms. The SMILES string of the molecule is C[C@H](Sc1nncn1C)c1cccc(CC(=O)N2CCC3(CNC(=O)C3)C2)c1. The molecule has 0 aliphatic carbocycles. The molecule has 2 atom stereocenters. The molecule has 0 bridgehead atoms. The number of nitrogens with zero attached hydrogens (tertiary/aromatic N) is 4. The molecular weight excluding hydrogens is 374 g/mol. The maximum Gasteiger partial charge on any atom is 0.227 e. The van der Waals surface area contributed by atoms with E-state index in [4.69, 9.17) is 0 Å². The lowest BCUT2D eigenvalue weighted by atomic mass is 9.86. The first-order chi connectivity index (χ1) is 13.4. The van der Waals surface area contributed by atoms with Crippen LogP contribution in [0.25, 0.3) is 0 Å². The van der Waals surface area contributed by atoms with Crippen molar-refractivity contribution in [3.63, 3.8) is 0 Å². The van der Waals surface area contributed by atoms with E-state index in [1.54, 1.807) is 18.1 Å². The Morgan fingerprint density at radius 2 is 2.29 bits per heavy atom. The maximum absolute atomic E-state index is 12.8. The van der Waals surface area contributed by atoms with Gasteiger partial charge in [-0.1, -0.05) is 36.0 Å². The maximum atomic E-state index is 12.8. The Hall–Kier alpha value is -2.35. The molecule has 7 nitrogen and oxygen atoms in total. The highest BCUT2D eigenvalue weighted by Crippen LogP contribution is 2.37. The molecule has 0 saturated carbocycles. The van der Waals surface area contributed by atoms with Crippen LogP contribution in [0.1, 0.15) is 36.1 Å². The van der Waals surface area contributed by atoms with E-state index < -0.39 is 0 Å². The normalized spacial score (nSPS) is 22.6. The number of nitrogens with one attached hydrogen (secondary N) is 1. The fourth-order valence-corrected chi connectivity index (χ4v) is 4.94. The predicted molar refractivity (Wildman–Crippen MR) is 107 cm³/mol. The first-order valence-electron chi connectivity index (χ1n) is 9.58. The Bertz CT molecular complexity index is 898. The Balaban J connectivity index is 1.39. The van der Waals surface area contributed by atoms with Crippen LogP contribution in [0.2, 0.25) is 0 Å². The van der Waals surface area contributed by atoms with E-state index in [-0.39, 0.29) is 22.5 Å². The Kier molecular flexibility index (Phi) is 5.14. The zero-order valence-electron chi connectivity index (χ0n) is 16.2. The van der Waals surface area contributed by atoms with Crippen LogP contribution in [0.5, 0.6) is 0 Å². The van der Waals surface area contributed by atoms with Gasteiger partial charge in [0.05, 0.1) is 6.42 Å². The highest BCUT2D eigenvalue weighted by Gasteiger charge is 2.44. The summed E-state index contributed by atoms with van der Waals surface area (Å²) >= 11 is 1.65. The van der Waals surface area contributed by atoms with Gasteiger partial charge in [-0.25, -0.2) is 0 Å². The summed E-state index contributed by atoms with van der Waals surface area (Å²) < 4.78 is 1.90. The van der Waals surface area contributed by atoms with Crippen molar-refractivity contribution in [1.29, 1.82) is 0 Å². The predicted octanol–water partition coefficient (Wildman–Crippen LogP) is 1.95. The molecule has 2 aromatic rings. The topological polar surface area (TPSA) is 80.1 Å². The van der Waals surface area contributed by atoms with E-state index in [1.807, 2.05) is 28.6 Å². The molecule has 2 saturated heterocycles. The van der Waals surface area contributed by atoms with E-state index in [0.29, 0.717) is 25.9 Å². The second kappa shape index (κ2) is 7.58. The fraction of sp³-hybridized carbons (Fsp3) is 0.500. The van der Waals surface area contributed by atoms with Gasteiger partial charge < -0.3 is 14.8 Å². The van der Waals surface area contributed by atoms with E-state index in [0.717, 1.165) is 23.7 Å². The van der Waals surface area contributed by atoms with Gasteiger partial charge in [0.1, 0.15) is 6.33 Å². The van der Waals surface area contributed by atoms with Crippen molar-refractivity contribution in [2.24, 2.45) is 12.5 Å². The summed E-state index contributed by atoms with van der Waals surface area (Å²) in [7, 11) is 1.93. The van der Waals surface area contributed by atoms with Crippen LogP contribution in [-0.2, 0) is 23.1 Å². The molecule has 2 fully saturated rings. The third-order valence-corrected chi connectivity index (χ3v) is 6.92. The van der Waals surface area contributed by atoms with Gasteiger partial charge in [-0.05, 0) is 24.5 Å². The number of thioether (sulfide) groups is 1. The number of carbonyl (C=O) groups is 2. The van der Waals surface area contributed by atoms with Crippen LogP contribution in [0.4, 0.5) is 0 Å². The molecule has 1 aromatic carbocycles. The van der Waals surface area contributed by atoms with E-state index in [9.17, 15) is 9.59 Å². The van der Waals surface area contributed by atoms with Gasteiger partial charge in [0.25, 0.3) is 0 Å². The second-order valence-electron chi connectivity index (χ2n) is 7.93. The number of aromatic nitrogens is 3. The molecule has 2 aliphatic heterocycles. The number of hydrogen-bond acceptors (Lipinski definition) is 5. The lowest BCUT2D eigenvalue weighted by molar-refractivity contribution is -0.130. The van der Waals surface area contributed by atoms with Gasteiger partial charge in [-0.15, -0.1) is 10.2 Å².